The van der Waals surface area contributed by atoms with Crippen molar-refractivity contribution in [2.24, 2.45) is 0 Å². The predicted octanol–water partition coefficient (Wildman–Crippen LogP) is 0.447. The van der Waals surface area contributed by atoms with Gasteiger partial charge in [0.05, 0.1) is 11.9 Å². The van der Waals surface area contributed by atoms with Crippen molar-refractivity contribution in [1.29, 1.82) is 0 Å². The Morgan fingerprint density at radius 3 is 2.50 bits per heavy atom. The van der Waals surface area contributed by atoms with Crippen molar-refractivity contribution in [1.82, 2.24) is 5.48 Å². The molecular formula is C4H8BrNO2. The Morgan fingerprint density at radius 1 is 1.88 bits per heavy atom. The fourth-order valence-corrected chi connectivity index (χ4v) is 0.275. The van der Waals surface area contributed by atoms with Crippen LogP contribution in [0.5, 0.6) is 0 Å². The van der Waals surface area contributed by atoms with Gasteiger partial charge in [0.1, 0.15) is 0 Å². The summed E-state index contributed by atoms with van der Waals surface area (Å²) in [6.45, 7) is 1.72. The largest absolute Gasteiger partial charge is 0.277 e. The average molecular weight is 182 g/mol. The minimum atomic E-state index is -0.192. The maximum Gasteiger partial charge on any atom is 0.257 e. The van der Waals surface area contributed by atoms with Crippen LogP contribution in [-0.4, -0.2) is 17.8 Å². The highest BCUT2D eigenvalue weighted by Crippen LogP contribution is 1.94. The van der Waals surface area contributed by atoms with Gasteiger partial charge < -0.3 is 0 Å². The fourth-order valence-electron chi connectivity index (χ4n) is 0.182. The Bertz CT molecular complexity index is 84.1. The second-order valence-electron chi connectivity index (χ2n) is 1.29. The summed E-state index contributed by atoms with van der Waals surface area (Å²) in [5.41, 5.74) is 2.16. The highest BCUT2D eigenvalue weighted by Gasteiger charge is 2.05. The van der Waals surface area contributed by atoms with Crippen molar-refractivity contribution in [3.63, 3.8) is 0 Å². The van der Waals surface area contributed by atoms with Gasteiger partial charge in [-0.1, -0.05) is 15.9 Å². The summed E-state index contributed by atoms with van der Waals surface area (Å²) in [5, 5.41) is 0. The monoisotopic (exact) mass is 181 g/mol. The zero-order valence-electron chi connectivity index (χ0n) is 4.77. The normalized spacial score (nSPS) is 12.9. The van der Waals surface area contributed by atoms with E-state index in [9.17, 15) is 4.79 Å². The summed E-state index contributed by atoms with van der Waals surface area (Å²) in [4.78, 5) is 14.6. The summed E-state index contributed by atoms with van der Waals surface area (Å²) in [6, 6.07) is 0. The number of rotatable bonds is 2. The standard InChI is InChI=1S/C4H8BrNO2/c1-3(5)4(7)6-8-2/h3H,1-2H3,(H,6,7). The van der Waals surface area contributed by atoms with Crippen molar-refractivity contribution in [3.05, 3.63) is 0 Å². The molecule has 1 amide bonds. The summed E-state index contributed by atoms with van der Waals surface area (Å²) in [6.07, 6.45) is 0. The SMILES string of the molecule is CONC(=O)C(C)Br. The molecule has 4 heteroatoms. The van der Waals surface area contributed by atoms with E-state index >= 15 is 0 Å². The molecule has 3 nitrogen and oxygen atoms in total. The van der Waals surface area contributed by atoms with Crippen molar-refractivity contribution in [3.8, 4) is 0 Å². The minimum absolute atomic E-state index is 0.174. The Balaban J connectivity index is 3.33. The molecule has 0 saturated carbocycles. The van der Waals surface area contributed by atoms with Gasteiger partial charge in [-0.2, -0.15) is 0 Å². The molecule has 1 atom stereocenters. The summed E-state index contributed by atoms with van der Waals surface area (Å²) in [7, 11) is 1.40. The van der Waals surface area contributed by atoms with Crippen LogP contribution in [-0.2, 0) is 9.63 Å². The smallest absolute Gasteiger partial charge is 0.257 e. The van der Waals surface area contributed by atoms with Gasteiger partial charge in [-0.3, -0.25) is 9.63 Å². The predicted molar refractivity (Wildman–Crippen MR) is 33.5 cm³/mol. The van der Waals surface area contributed by atoms with Gasteiger partial charge >= 0.3 is 0 Å². The number of hydrogen-bond donors (Lipinski definition) is 1. The number of hydrogen-bond acceptors (Lipinski definition) is 2. The lowest BCUT2D eigenvalue weighted by molar-refractivity contribution is -0.130. The van der Waals surface area contributed by atoms with E-state index in [1.807, 2.05) is 0 Å². The molecule has 0 rings (SSSR count). The van der Waals surface area contributed by atoms with E-state index in [2.05, 4.69) is 26.2 Å². The van der Waals surface area contributed by atoms with E-state index in [-0.39, 0.29) is 10.7 Å². The molecule has 48 valence electrons. The lowest BCUT2D eigenvalue weighted by atomic mass is 10.5. The first-order valence-corrected chi connectivity index (χ1v) is 3.07. The number of carbonyl (C=O) groups is 1. The molecule has 0 aliphatic rings. The highest BCUT2D eigenvalue weighted by atomic mass is 79.9. The summed E-state index contributed by atoms with van der Waals surface area (Å²) in [5.74, 6) is -0.174. The van der Waals surface area contributed by atoms with Gasteiger partial charge in [0.25, 0.3) is 5.91 Å². The Kier molecular flexibility index (Phi) is 3.81. The minimum Gasteiger partial charge on any atom is -0.277 e. The van der Waals surface area contributed by atoms with Crippen LogP contribution in [0.3, 0.4) is 0 Å². The van der Waals surface area contributed by atoms with Crippen molar-refractivity contribution in [2.45, 2.75) is 11.8 Å². The third kappa shape index (κ3) is 2.98. The van der Waals surface area contributed by atoms with E-state index in [0.717, 1.165) is 0 Å². The van der Waals surface area contributed by atoms with Crippen molar-refractivity contribution >= 4 is 21.8 Å². The summed E-state index contributed by atoms with van der Waals surface area (Å²) >= 11 is 3.05. The highest BCUT2D eigenvalue weighted by molar-refractivity contribution is 9.10. The van der Waals surface area contributed by atoms with Gasteiger partial charge in [0.2, 0.25) is 0 Å². The van der Waals surface area contributed by atoms with Crippen molar-refractivity contribution in [2.75, 3.05) is 7.11 Å². The maximum absolute atomic E-state index is 10.5. The second-order valence-corrected chi connectivity index (χ2v) is 2.66. The molecule has 0 radical (unpaired) electrons. The Labute approximate surface area is 56.5 Å². The summed E-state index contributed by atoms with van der Waals surface area (Å²) < 4.78 is 0. The lowest BCUT2D eigenvalue weighted by Gasteiger charge is -2.00. The van der Waals surface area contributed by atoms with E-state index in [4.69, 9.17) is 0 Å². The van der Waals surface area contributed by atoms with E-state index in [1.165, 1.54) is 7.11 Å². The lowest BCUT2D eigenvalue weighted by Crippen LogP contribution is -2.27. The number of halogens is 1. The quantitative estimate of drug-likeness (QED) is 0.497. The molecular weight excluding hydrogens is 174 g/mol. The first kappa shape index (κ1) is 7.91. The third-order valence-corrected chi connectivity index (χ3v) is 0.980. The van der Waals surface area contributed by atoms with Gasteiger partial charge in [0, 0.05) is 0 Å². The van der Waals surface area contributed by atoms with Crippen LogP contribution in [0.2, 0.25) is 0 Å². The molecule has 0 heterocycles. The number of alkyl halides is 1. The average Bonchev–Trinajstić information content (AvgIpc) is 1.67. The first-order valence-electron chi connectivity index (χ1n) is 2.15. The van der Waals surface area contributed by atoms with E-state index in [1.54, 1.807) is 6.92 Å². The van der Waals surface area contributed by atoms with Gasteiger partial charge in [-0.15, -0.1) is 0 Å². The van der Waals surface area contributed by atoms with Gasteiger partial charge in [0.15, 0.2) is 0 Å². The molecule has 0 fully saturated rings. The number of carbonyl (C=O) groups excluding carboxylic acids is 1. The zero-order chi connectivity index (χ0) is 6.57. The molecule has 0 aromatic rings. The van der Waals surface area contributed by atoms with Crippen LogP contribution in [0.1, 0.15) is 6.92 Å². The van der Waals surface area contributed by atoms with Crippen LogP contribution in [0.15, 0.2) is 0 Å². The molecule has 0 aromatic carbocycles. The molecule has 0 bridgehead atoms. The van der Waals surface area contributed by atoms with Crippen LogP contribution >= 0.6 is 15.9 Å². The second kappa shape index (κ2) is 3.86. The third-order valence-electron chi connectivity index (χ3n) is 0.564. The Hall–Kier alpha value is -0.0900. The Morgan fingerprint density at radius 2 is 2.38 bits per heavy atom. The number of nitrogens with one attached hydrogen (secondary N) is 1. The molecule has 0 aliphatic heterocycles. The molecule has 0 aromatic heterocycles. The van der Waals surface area contributed by atoms with Crippen LogP contribution in [0.25, 0.3) is 0 Å². The van der Waals surface area contributed by atoms with Crippen LogP contribution < -0.4 is 5.48 Å². The molecule has 1 N–H and O–H groups in total. The molecule has 0 aliphatic carbocycles. The first-order chi connectivity index (χ1) is 3.68. The molecule has 0 spiro atoms. The van der Waals surface area contributed by atoms with Crippen LogP contribution in [0.4, 0.5) is 0 Å². The maximum atomic E-state index is 10.5. The number of hydroxylamine groups is 1. The zero-order valence-corrected chi connectivity index (χ0v) is 6.36. The van der Waals surface area contributed by atoms with E-state index < -0.39 is 0 Å². The van der Waals surface area contributed by atoms with Gasteiger partial charge in [-0.25, -0.2) is 5.48 Å². The van der Waals surface area contributed by atoms with Crippen molar-refractivity contribution < 1.29 is 9.63 Å². The fraction of sp³-hybridized carbons (Fsp3) is 0.750. The molecule has 8 heavy (non-hydrogen) atoms. The van der Waals surface area contributed by atoms with E-state index in [0.29, 0.717) is 0 Å². The molecule has 0 saturated heterocycles. The van der Waals surface area contributed by atoms with Crippen LogP contribution in [0, 0.1) is 0 Å². The molecule has 1 unspecified atom stereocenters. The number of amides is 1. The van der Waals surface area contributed by atoms with Gasteiger partial charge in [-0.05, 0) is 6.92 Å². The topological polar surface area (TPSA) is 38.3 Å².